The summed E-state index contributed by atoms with van der Waals surface area (Å²) in [5, 5.41) is 13.9. The van der Waals surface area contributed by atoms with Gasteiger partial charge in [0.15, 0.2) is 0 Å². The second kappa shape index (κ2) is 6.02. The van der Waals surface area contributed by atoms with Crippen LogP contribution >= 0.6 is 38.9 Å². The molecule has 0 aliphatic heterocycles. The third-order valence-electron chi connectivity index (χ3n) is 3.98. The van der Waals surface area contributed by atoms with Crippen molar-refractivity contribution in [2.75, 3.05) is 6.54 Å². The van der Waals surface area contributed by atoms with Crippen LogP contribution in [0.25, 0.3) is 0 Å². The molecule has 108 valence electrons. The van der Waals surface area contributed by atoms with E-state index < -0.39 is 5.60 Å². The SMILES string of the molecule is CC1(C)CCC(O)(CNCc2cc(Br)c(Cl)s2)CC1. The van der Waals surface area contributed by atoms with Crippen LogP contribution in [0.15, 0.2) is 10.5 Å². The molecule has 0 unspecified atom stereocenters. The molecule has 0 amide bonds. The van der Waals surface area contributed by atoms with Crippen LogP contribution in [-0.2, 0) is 6.54 Å². The summed E-state index contributed by atoms with van der Waals surface area (Å²) in [6.45, 7) is 5.99. The van der Waals surface area contributed by atoms with Gasteiger partial charge in [0.2, 0.25) is 0 Å². The molecule has 19 heavy (non-hydrogen) atoms. The molecule has 0 saturated heterocycles. The number of hydrogen-bond acceptors (Lipinski definition) is 3. The predicted molar refractivity (Wildman–Crippen MR) is 85.9 cm³/mol. The lowest BCUT2D eigenvalue weighted by Gasteiger charge is -2.40. The largest absolute Gasteiger partial charge is 0.389 e. The average Bonchev–Trinajstić information content (AvgIpc) is 2.64. The van der Waals surface area contributed by atoms with Crippen molar-refractivity contribution in [2.24, 2.45) is 5.41 Å². The molecule has 2 rings (SSSR count). The van der Waals surface area contributed by atoms with Crippen LogP contribution < -0.4 is 5.32 Å². The highest BCUT2D eigenvalue weighted by Crippen LogP contribution is 2.40. The maximum Gasteiger partial charge on any atom is 0.107 e. The molecule has 1 fully saturated rings. The van der Waals surface area contributed by atoms with Gasteiger partial charge in [-0.25, -0.2) is 0 Å². The number of hydrogen-bond donors (Lipinski definition) is 2. The van der Waals surface area contributed by atoms with Gasteiger partial charge < -0.3 is 10.4 Å². The molecule has 1 aromatic rings. The van der Waals surface area contributed by atoms with Gasteiger partial charge in [-0.05, 0) is 53.1 Å². The van der Waals surface area contributed by atoms with Gasteiger partial charge in [0, 0.05) is 22.4 Å². The van der Waals surface area contributed by atoms with Gasteiger partial charge in [-0.3, -0.25) is 0 Å². The Bertz CT molecular complexity index is 417. The number of aliphatic hydroxyl groups is 1. The molecule has 0 spiro atoms. The van der Waals surface area contributed by atoms with E-state index in [2.05, 4.69) is 35.1 Å². The molecule has 0 aromatic carbocycles. The summed E-state index contributed by atoms with van der Waals surface area (Å²) in [7, 11) is 0. The number of thiophene rings is 1. The Balaban J connectivity index is 1.79. The maximum atomic E-state index is 10.5. The molecule has 1 aliphatic carbocycles. The molecular formula is C14H21BrClNOS. The van der Waals surface area contributed by atoms with Crippen LogP contribution in [0, 0.1) is 5.41 Å². The van der Waals surface area contributed by atoms with Gasteiger partial charge in [-0.2, -0.15) is 0 Å². The third kappa shape index (κ3) is 4.43. The zero-order valence-corrected chi connectivity index (χ0v) is 14.6. The smallest absolute Gasteiger partial charge is 0.107 e. The van der Waals surface area contributed by atoms with E-state index in [1.165, 1.54) is 4.88 Å². The van der Waals surface area contributed by atoms with Crippen LogP contribution in [0.1, 0.15) is 44.4 Å². The zero-order valence-electron chi connectivity index (χ0n) is 11.4. The first-order chi connectivity index (χ1) is 8.80. The first kappa shape index (κ1) is 15.8. The van der Waals surface area contributed by atoms with Gasteiger partial charge in [0.05, 0.1) is 5.60 Å². The zero-order chi connectivity index (χ0) is 14.1. The lowest BCUT2D eigenvalue weighted by Crippen LogP contribution is -2.44. The van der Waals surface area contributed by atoms with Crippen molar-refractivity contribution in [2.45, 2.75) is 51.7 Å². The molecule has 1 aliphatic rings. The van der Waals surface area contributed by atoms with Gasteiger partial charge in [-0.1, -0.05) is 25.4 Å². The topological polar surface area (TPSA) is 32.3 Å². The second-order valence-corrected chi connectivity index (χ2v) is 8.92. The van der Waals surface area contributed by atoms with Crippen LogP contribution in [0.2, 0.25) is 4.34 Å². The van der Waals surface area contributed by atoms with E-state index in [9.17, 15) is 5.11 Å². The van der Waals surface area contributed by atoms with E-state index in [-0.39, 0.29) is 0 Å². The van der Waals surface area contributed by atoms with E-state index in [0.717, 1.165) is 41.0 Å². The quantitative estimate of drug-likeness (QED) is 0.817. The van der Waals surface area contributed by atoms with E-state index in [1.807, 2.05) is 6.07 Å². The van der Waals surface area contributed by atoms with Crippen molar-refractivity contribution in [1.29, 1.82) is 0 Å². The molecule has 0 bridgehead atoms. The Morgan fingerprint density at radius 1 is 1.37 bits per heavy atom. The first-order valence-corrected chi connectivity index (χ1v) is 8.65. The number of nitrogens with one attached hydrogen (secondary N) is 1. The lowest BCUT2D eigenvalue weighted by atomic mass is 9.71. The molecule has 1 heterocycles. The second-order valence-electron chi connectivity index (χ2n) is 6.33. The van der Waals surface area contributed by atoms with Crippen LogP contribution in [0.3, 0.4) is 0 Å². The Labute approximate surface area is 132 Å². The van der Waals surface area contributed by atoms with Gasteiger partial charge in [0.25, 0.3) is 0 Å². The fourth-order valence-corrected chi connectivity index (χ4v) is 4.23. The van der Waals surface area contributed by atoms with Crippen molar-refractivity contribution in [3.63, 3.8) is 0 Å². The minimum Gasteiger partial charge on any atom is -0.389 e. The first-order valence-electron chi connectivity index (χ1n) is 6.67. The standard InChI is InChI=1S/C14H21BrClNOS/c1-13(2)3-5-14(18,6-4-13)9-17-8-10-7-11(15)12(16)19-10/h7,17-18H,3-6,8-9H2,1-2H3. The molecule has 2 N–H and O–H groups in total. The minimum atomic E-state index is -0.534. The fraction of sp³-hybridized carbons (Fsp3) is 0.714. The van der Waals surface area contributed by atoms with Crippen LogP contribution in [0.4, 0.5) is 0 Å². The number of rotatable bonds is 4. The molecule has 1 aromatic heterocycles. The van der Waals surface area contributed by atoms with Crippen molar-refractivity contribution in [3.05, 3.63) is 19.8 Å². The Kier molecular flexibility index (Phi) is 5.00. The van der Waals surface area contributed by atoms with Crippen LogP contribution in [-0.4, -0.2) is 17.3 Å². The summed E-state index contributed by atoms with van der Waals surface area (Å²) in [5.41, 5.74) is -0.147. The normalized spacial score (nSPS) is 21.5. The minimum absolute atomic E-state index is 0.387. The van der Waals surface area contributed by atoms with E-state index in [1.54, 1.807) is 11.3 Å². The maximum absolute atomic E-state index is 10.5. The Morgan fingerprint density at radius 2 is 2.00 bits per heavy atom. The van der Waals surface area contributed by atoms with Crippen molar-refractivity contribution in [3.8, 4) is 0 Å². The van der Waals surface area contributed by atoms with E-state index >= 15 is 0 Å². The summed E-state index contributed by atoms with van der Waals surface area (Å²) in [4.78, 5) is 1.19. The van der Waals surface area contributed by atoms with Gasteiger partial charge >= 0.3 is 0 Å². The number of halogens is 2. The van der Waals surface area contributed by atoms with E-state index in [0.29, 0.717) is 12.0 Å². The monoisotopic (exact) mass is 365 g/mol. The predicted octanol–water partition coefficient (Wildman–Crippen LogP) is 4.58. The summed E-state index contributed by atoms with van der Waals surface area (Å²) in [6.07, 6.45) is 3.98. The summed E-state index contributed by atoms with van der Waals surface area (Å²) >= 11 is 11.0. The molecule has 2 nitrogen and oxygen atoms in total. The third-order valence-corrected chi connectivity index (χ3v) is 6.46. The lowest BCUT2D eigenvalue weighted by molar-refractivity contribution is -0.0244. The highest BCUT2D eigenvalue weighted by molar-refractivity contribution is 9.10. The fourth-order valence-electron chi connectivity index (χ4n) is 2.47. The molecule has 0 atom stereocenters. The van der Waals surface area contributed by atoms with Gasteiger partial charge in [0.1, 0.15) is 4.34 Å². The molecule has 1 saturated carbocycles. The van der Waals surface area contributed by atoms with Crippen molar-refractivity contribution < 1.29 is 5.11 Å². The van der Waals surface area contributed by atoms with Crippen molar-refractivity contribution in [1.82, 2.24) is 5.32 Å². The molecule has 0 radical (unpaired) electrons. The highest BCUT2D eigenvalue weighted by atomic mass is 79.9. The average molecular weight is 367 g/mol. The molecular weight excluding hydrogens is 346 g/mol. The summed E-state index contributed by atoms with van der Waals surface area (Å²) < 4.78 is 1.74. The van der Waals surface area contributed by atoms with Gasteiger partial charge in [-0.15, -0.1) is 11.3 Å². The summed E-state index contributed by atoms with van der Waals surface area (Å²) in [5.74, 6) is 0. The Morgan fingerprint density at radius 3 is 2.53 bits per heavy atom. The Hall–Kier alpha value is 0.390. The van der Waals surface area contributed by atoms with Crippen LogP contribution in [0.5, 0.6) is 0 Å². The van der Waals surface area contributed by atoms with E-state index in [4.69, 9.17) is 11.6 Å². The molecule has 5 heteroatoms. The highest BCUT2D eigenvalue weighted by Gasteiger charge is 2.36. The summed E-state index contributed by atoms with van der Waals surface area (Å²) in [6, 6.07) is 2.04. The van der Waals surface area contributed by atoms with Crippen molar-refractivity contribution >= 4 is 38.9 Å².